The van der Waals surface area contributed by atoms with Gasteiger partial charge in [0.15, 0.2) is 0 Å². The summed E-state index contributed by atoms with van der Waals surface area (Å²) >= 11 is 0. The summed E-state index contributed by atoms with van der Waals surface area (Å²) in [5, 5.41) is 13.8. The van der Waals surface area contributed by atoms with Crippen molar-refractivity contribution >= 4 is 13.7 Å². The third-order valence-electron chi connectivity index (χ3n) is 11.2. The van der Waals surface area contributed by atoms with Gasteiger partial charge >= 0.3 is 7.82 Å². The van der Waals surface area contributed by atoms with E-state index in [4.69, 9.17) is 9.05 Å². The molecular formula is C49H98N2O6P+. The van der Waals surface area contributed by atoms with Crippen LogP contribution < -0.4 is 5.32 Å². The Morgan fingerprint density at radius 3 is 1.33 bits per heavy atom. The highest BCUT2D eigenvalue weighted by Gasteiger charge is 2.27. The van der Waals surface area contributed by atoms with E-state index in [1.165, 1.54) is 173 Å². The maximum absolute atomic E-state index is 12.9. The zero-order valence-electron chi connectivity index (χ0n) is 39.0. The number of phosphoric ester groups is 1. The van der Waals surface area contributed by atoms with E-state index in [1.807, 2.05) is 27.2 Å². The second kappa shape index (κ2) is 41.3. The third kappa shape index (κ3) is 43.1. The number of carbonyl (C=O) groups excluding carboxylic acids is 1. The Kier molecular flexibility index (Phi) is 40.6. The lowest BCUT2D eigenvalue weighted by molar-refractivity contribution is -0.870. The van der Waals surface area contributed by atoms with E-state index in [0.717, 1.165) is 38.5 Å². The molecule has 3 atom stereocenters. The van der Waals surface area contributed by atoms with Crippen molar-refractivity contribution in [2.45, 2.75) is 244 Å². The predicted octanol–water partition coefficient (Wildman–Crippen LogP) is 14.1. The van der Waals surface area contributed by atoms with Crippen LogP contribution in [0.3, 0.4) is 0 Å². The first-order valence-corrected chi connectivity index (χ1v) is 26.2. The Morgan fingerprint density at radius 2 is 0.931 bits per heavy atom. The van der Waals surface area contributed by atoms with Crippen molar-refractivity contribution in [3.05, 3.63) is 24.3 Å². The van der Waals surface area contributed by atoms with Crippen LogP contribution >= 0.6 is 7.82 Å². The van der Waals surface area contributed by atoms with Crippen molar-refractivity contribution < 1.29 is 32.9 Å². The molecule has 0 aliphatic carbocycles. The average molecular weight is 842 g/mol. The highest BCUT2D eigenvalue weighted by molar-refractivity contribution is 7.47. The molecule has 0 aromatic carbocycles. The average Bonchev–Trinajstić information content (AvgIpc) is 3.17. The minimum Gasteiger partial charge on any atom is -0.387 e. The molecule has 0 fully saturated rings. The molecule has 0 rings (SSSR count). The predicted molar refractivity (Wildman–Crippen MR) is 249 cm³/mol. The molecule has 0 aromatic heterocycles. The van der Waals surface area contributed by atoms with Crippen molar-refractivity contribution in [3.63, 3.8) is 0 Å². The van der Waals surface area contributed by atoms with E-state index in [9.17, 15) is 19.4 Å². The molecule has 0 aliphatic rings. The number of hydrogen-bond acceptors (Lipinski definition) is 5. The number of nitrogens with one attached hydrogen (secondary N) is 1. The molecule has 1 unspecified atom stereocenters. The number of allylic oxidation sites excluding steroid dienone is 3. The fraction of sp³-hybridized carbons (Fsp3) is 0.898. The van der Waals surface area contributed by atoms with Crippen molar-refractivity contribution in [1.29, 1.82) is 0 Å². The lowest BCUT2D eigenvalue weighted by Gasteiger charge is -2.25. The monoisotopic (exact) mass is 842 g/mol. The first kappa shape index (κ1) is 57.0. The normalized spacial score (nSPS) is 14.4. The minimum atomic E-state index is -4.33. The van der Waals surface area contributed by atoms with Gasteiger partial charge < -0.3 is 19.8 Å². The number of unbranched alkanes of at least 4 members (excludes halogenated alkanes) is 30. The smallest absolute Gasteiger partial charge is 0.387 e. The number of quaternary nitrogens is 1. The summed E-state index contributed by atoms with van der Waals surface area (Å²) in [4.78, 5) is 23.2. The summed E-state index contributed by atoms with van der Waals surface area (Å²) in [5.74, 6) is -0.176. The molecule has 8 nitrogen and oxygen atoms in total. The van der Waals surface area contributed by atoms with Crippen molar-refractivity contribution in [3.8, 4) is 0 Å². The zero-order valence-corrected chi connectivity index (χ0v) is 39.9. The lowest BCUT2D eigenvalue weighted by atomic mass is 10.0. The standard InChI is InChI=1S/C49H97N2O6P/c1-6-8-10-12-14-16-18-20-21-22-23-24-25-26-27-28-29-31-33-35-37-39-41-43-49(53)50-47(46-57-58(54,55)56-45-44-51(3,4)5)48(52)42-40-38-36-34-32-30-19-17-15-13-11-9-7-2/h20-21,40,42,47-48,52H,6-19,22-39,41,43-46H2,1-5H3,(H-,50,53,54,55)/p+1/t47-,48+/m0/s1. The van der Waals surface area contributed by atoms with Gasteiger partial charge in [-0.1, -0.05) is 205 Å². The largest absolute Gasteiger partial charge is 0.472 e. The van der Waals surface area contributed by atoms with E-state index in [-0.39, 0.29) is 19.1 Å². The second-order valence-corrected chi connectivity index (χ2v) is 19.6. The van der Waals surface area contributed by atoms with Gasteiger partial charge in [-0.2, -0.15) is 0 Å². The number of hydrogen-bond donors (Lipinski definition) is 3. The van der Waals surface area contributed by atoms with Crippen LogP contribution in [0.5, 0.6) is 0 Å². The van der Waals surface area contributed by atoms with Gasteiger partial charge in [0.25, 0.3) is 0 Å². The van der Waals surface area contributed by atoms with E-state index in [0.29, 0.717) is 17.4 Å². The zero-order chi connectivity index (χ0) is 42.8. The molecule has 0 spiro atoms. The molecule has 0 aliphatic heterocycles. The van der Waals surface area contributed by atoms with Crippen LogP contribution in [0.2, 0.25) is 0 Å². The summed E-state index contributed by atoms with van der Waals surface area (Å²) in [7, 11) is 1.58. The Hall–Kier alpha value is -1.02. The van der Waals surface area contributed by atoms with Crippen molar-refractivity contribution in [2.75, 3.05) is 40.9 Å². The maximum Gasteiger partial charge on any atom is 0.472 e. The number of likely N-dealkylation sites (N-methyl/N-ethyl adjacent to an activating group) is 1. The van der Waals surface area contributed by atoms with Gasteiger partial charge in [-0.05, 0) is 44.9 Å². The fourth-order valence-corrected chi connectivity index (χ4v) is 7.95. The number of carbonyl (C=O) groups is 1. The van der Waals surface area contributed by atoms with Crippen molar-refractivity contribution in [1.82, 2.24) is 5.32 Å². The maximum atomic E-state index is 12.9. The number of phosphoric acid groups is 1. The number of amides is 1. The Morgan fingerprint density at radius 1 is 0.569 bits per heavy atom. The Bertz CT molecular complexity index is 1000. The molecule has 9 heteroatoms. The van der Waals surface area contributed by atoms with Gasteiger partial charge in [-0.15, -0.1) is 0 Å². The van der Waals surface area contributed by atoms with E-state index in [2.05, 4.69) is 31.3 Å². The Balaban J connectivity index is 4.23. The molecule has 0 heterocycles. The molecule has 344 valence electrons. The SMILES string of the molecule is CCCCCCCCC=CCCCCCCCCCCCCCCCC(=O)N[C@@H](COP(=O)(O)OCC[N+](C)(C)C)[C@H](O)C=CCCCCCCCCCCCCC. The van der Waals surface area contributed by atoms with Crippen LogP contribution in [-0.4, -0.2) is 73.4 Å². The number of aliphatic hydroxyl groups excluding tert-OH is 1. The highest BCUT2D eigenvalue weighted by Crippen LogP contribution is 2.43. The van der Waals surface area contributed by atoms with Crippen LogP contribution in [0.1, 0.15) is 232 Å². The van der Waals surface area contributed by atoms with Crippen LogP contribution in [-0.2, 0) is 18.4 Å². The number of rotatable bonds is 45. The van der Waals surface area contributed by atoms with Crippen LogP contribution in [0.25, 0.3) is 0 Å². The summed E-state index contributed by atoms with van der Waals surface area (Å²) < 4.78 is 23.6. The molecule has 3 N–H and O–H groups in total. The number of nitrogens with zero attached hydrogens (tertiary/aromatic N) is 1. The summed E-state index contributed by atoms with van der Waals surface area (Å²) in [6.45, 7) is 4.82. The van der Waals surface area contributed by atoms with Crippen LogP contribution in [0, 0.1) is 0 Å². The fourth-order valence-electron chi connectivity index (χ4n) is 7.21. The summed E-state index contributed by atoms with van der Waals surface area (Å²) in [6, 6.07) is -0.842. The molecule has 1 amide bonds. The van der Waals surface area contributed by atoms with Crippen molar-refractivity contribution in [2.24, 2.45) is 0 Å². The molecule has 0 saturated carbocycles. The molecule has 0 aromatic rings. The van der Waals surface area contributed by atoms with E-state index < -0.39 is 20.0 Å². The molecule has 0 bridgehead atoms. The van der Waals surface area contributed by atoms with Crippen LogP contribution in [0.4, 0.5) is 0 Å². The lowest BCUT2D eigenvalue weighted by Crippen LogP contribution is -2.45. The first-order valence-electron chi connectivity index (χ1n) is 24.7. The van der Waals surface area contributed by atoms with Gasteiger partial charge in [0.1, 0.15) is 13.2 Å². The first-order chi connectivity index (χ1) is 28.0. The molecule has 0 radical (unpaired) electrons. The third-order valence-corrected chi connectivity index (χ3v) is 12.1. The number of aliphatic hydroxyl groups is 1. The van der Waals surface area contributed by atoms with Gasteiger partial charge in [0.2, 0.25) is 5.91 Å². The molecular weight excluding hydrogens is 744 g/mol. The second-order valence-electron chi connectivity index (χ2n) is 18.2. The highest BCUT2D eigenvalue weighted by atomic mass is 31.2. The Labute approximate surface area is 360 Å². The minimum absolute atomic E-state index is 0.0631. The summed E-state index contributed by atoms with van der Waals surface area (Å²) in [6.07, 6.45) is 49.7. The molecule has 58 heavy (non-hydrogen) atoms. The topological polar surface area (TPSA) is 105 Å². The van der Waals surface area contributed by atoms with E-state index >= 15 is 0 Å². The van der Waals surface area contributed by atoms with Gasteiger partial charge in [-0.3, -0.25) is 13.8 Å². The van der Waals surface area contributed by atoms with Gasteiger partial charge in [0.05, 0.1) is 39.9 Å². The summed E-state index contributed by atoms with van der Waals surface area (Å²) in [5.41, 5.74) is 0. The van der Waals surface area contributed by atoms with Gasteiger partial charge in [0, 0.05) is 6.42 Å². The van der Waals surface area contributed by atoms with Gasteiger partial charge in [-0.25, -0.2) is 4.57 Å². The quantitative estimate of drug-likeness (QED) is 0.0244. The van der Waals surface area contributed by atoms with E-state index in [1.54, 1.807) is 6.08 Å². The van der Waals surface area contributed by atoms with Crippen LogP contribution in [0.15, 0.2) is 24.3 Å². The molecule has 0 saturated heterocycles.